The zero-order valence-electron chi connectivity index (χ0n) is 18.4. The van der Waals surface area contributed by atoms with Gasteiger partial charge >= 0.3 is 0 Å². The van der Waals surface area contributed by atoms with Gasteiger partial charge in [-0.3, -0.25) is 9.78 Å². The highest BCUT2D eigenvalue weighted by Crippen LogP contribution is 2.28. The lowest BCUT2D eigenvalue weighted by molar-refractivity contribution is 0.284. The molecule has 0 atom stereocenters. The van der Waals surface area contributed by atoms with Gasteiger partial charge in [-0.1, -0.05) is 60.2 Å². The summed E-state index contributed by atoms with van der Waals surface area (Å²) in [5, 5.41) is 4.21. The van der Waals surface area contributed by atoms with E-state index in [0.717, 1.165) is 16.7 Å². The molecule has 1 aromatic heterocycles. The number of rotatable bonds is 8. The molecule has 0 bridgehead atoms. The predicted molar refractivity (Wildman–Crippen MR) is 130 cm³/mol. The smallest absolute Gasteiger partial charge is 0.252 e. The SMILES string of the molecule is COc1ccc(/C=N\Nc2nc(-c3ccccc3)cc(=O)[nH]2)cc1OCc1ccc(C)cc1. The molecule has 3 aromatic carbocycles. The first kappa shape index (κ1) is 21.8. The Labute approximate surface area is 191 Å². The van der Waals surface area contributed by atoms with Crippen LogP contribution in [0.5, 0.6) is 11.5 Å². The van der Waals surface area contributed by atoms with Gasteiger partial charge < -0.3 is 9.47 Å². The Morgan fingerprint density at radius 3 is 2.55 bits per heavy atom. The molecule has 0 fully saturated rings. The van der Waals surface area contributed by atoms with Crippen LogP contribution in [0.25, 0.3) is 11.3 Å². The highest BCUT2D eigenvalue weighted by molar-refractivity contribution is 5.81. The Hall–Kier alpha value is -4.39. The second kappa shape index (κ2) is 10.3. The van der Waals surface area contributed by atoms with Gasteiger partial charge in [0.2, 0.25) is 5.95 Å². The van der Waals surface area contributed by atoms with Gasteiger partial charge in [0, 0.05) is 11.6 Å². The second-order valence-electron chi connectivity index (χ2n) is 7.40. The summed E-state index contributed by atoms with van der Waals surface area (Å²) in [6.45, 7) is 2.47. The Bertz CT molecular complexity index is 1300. The molecule has 4 rings (SSSR count). The molecule has 4 aromatic rings. The average Bonchev–Trinajstić information content (AvgIpc) is 2.84. The number of aryl methyl sites for hydroxylation is 1. The standard InChI is InChI=1S/C26H24N4O3/c1-18-8-10-19(11-9-18)17-33-24-14-20(12-13-23(24)32-2)16-27-30-26-28-22(15-25(31)29-26)21-6-4-3-5-7-21/h3-16H,17H2,1-2H3,(H2,28,29,30,31)/b27-16-. The van der Waals surface area contributed by atoms with Gasteiger partial charge in [-0.15, -0.1) is 0 Å². The number of aromatic amines is 1. The van der Waals surface area contributed by atoms with Gasteiger partial charge in [-0.05, 0) is 36.2 Å². The zero-order valence-corrected chi connectivity index (χ0v) is 18.4. The van der Waals surface area contributed by atoms with Gasteiger partial charge in [0.05, 0.1) is 19.0 Å². The number of ether oxygens (including phenoxy) is 2. The van der Waals surface area contributed by atoms with Crippen LogP contribution in [-0.2, 0) is 6.61 Å². The van der Waals surface area contributed by atoms with Crippen LogP contribution >= 0.6 is 0 Å². The Morgan fingerprint density at radius 1 is 1.00 bits per heavy atom. The monoisotopic (exact) mass is 440 g/mol. The molecule has 7 nitrogen and oxygen atoms in total. The Balaban J connectivity index is 1.47. The number of methoxy groups -OCH3 is 1. The molecule has 0 radical (unpaired) electrons. The Morgan fingerprint density at radius 2 is 1.79 bits per heavy atom. The van der Waals surface area contributed by atoms with Crippen molar-refractivity contribution in [3.63, 3.8) is 0 Å². The summed E-state index contributed by atoms with van der Waals surface area (Å²) in [6, 6.07) is 24.6. The number of nitrogens with one attached hydrogen (secondary N) is 2. The van der Waals surface area contributed by atoms with E-state index in [2.05, 4.69) is 32.6 Å². The maximum absolute atomic E-state index is 12.0. The van der Waals surface area contributed by atoms with Gasteiger partial charge in [0.1, 0.15) is 6.61 Å². The van der Waals surface area contributed by atoms with E-state index in [1.165, 1.54) is 11.6 Å². The van der Waals surface area contributed by atoms with Crippen molar-refractivity contribution >= 4 is 12.2 Å². The van der Waals surface area contributed by atoms with Crippen molar-refractivity contribution in [2.24, 2.45) is 5.10 Å². The van der Waals surface area contributed by atoms with E-state index in [9.17, 15) is 4.79 Å². The van der Waals surface area contributed by atoms with E-state index in [1.54, 1.807) is 13.3 Å². The molecular weight excluding hydrogens is 416 g/mol. The van der Waals surface area contributed by atoms with Gasteiger partial charge in [0.25, 0.3) is 5.56 Å². The first-order chi connectivity index (χ1) is 16.1. The number of hydrazone groups is 1. The quantitative estimate of drug-likeness (QED) is 0.304. The van der Waals surface area contributed by atoms with Gasteiger partial charge in [-0.25, -0.2) is 10.4 Å². The van der Waals surface area contributed by atoms with E-state index in [0.29, 0.717) is 23.8 Å². The Kier molecular flexibility index (Phi) is 6.80. The summed E-state index contributed by atoms with van der Waals surface area (Å²) in [7, 11) is 1.60. The molecule has 0 spiro atoms. The highest BCUT2D eigenvalue weighted by Gasteiger charge is 2.07. The molecule has 0 aliphatic carbocycles. The third-order valence-corrected chi connectivity index (χ3v) is 4.90. The molecule has 0 amide bonds. The molecule has 0 aliphatic rings. The molecule has 166 valence electrons. The van der Waals surface area contributed by atoms with Crippen LogP contribution in [0.1, 0.15) is 16.7 Å². The minimum Gasteiger partial charge on any atom is -0.493 e. The summed E-state index contributed by atoms with van der Waals surface area (Å²) in [5.41, 5.74) is 6.99. The molecule has 0 saturated heterocycles. The predicted octanol–water partition coefficient (Wildman–Crippen LogP) is 4.78. The zero-order chi connectivity index (χ0) is 23.0. The molecule has 0 unspecified atom stereocenters. The number of nitrogens with zero attached hydrogens (tertiary/aromatic N) is 2. The van der Waals surface area contributed by atoms with Gasteiger partial charge in [-0.2, -0.15) is 5.10 Å². The number of aromatic nitrogens is 2. The van der Waals surface area contributed by atoms with Gasteiger partial charge in [0.15, 0.2) is 11.5 Å². The molecule has 1 heterocycles. The van der Waals surface area contributed by atoms with Crippen molar-refractivity contribution in [3.8, 4) is 22.8 Å². The lowest BCUT2D eigenvalue weighted by Crippen LogP contribution is -2.10. The molecule has 2 N–H and O–H groups in total. The van der Waals surface area contributed by atoms with E-state index in [4.69, 9.17) is 9.47 Å². The summed E-state index contributed by atoms with van der Waals surface area (Å²) < 4.78 is 11.4. The second-order valence-corrected chi connectivity index (χ2v) is 7.40. The van der Waals surface area contributed by atoms with Crippen LogP contribution in [0.3, 0.4) is 0 Å². The lowest BCUT2D eigenvalue weighted by Gasteiger charge is -2.11. The first-order valence-electron chi connectivity index (χ1n) is 10.4. The maximum atomic E-state index is 12.0. The summed E-state index contributed by atoms with van der Waals surface area (Å²) in [5.74, 6) is 1.50. The normalized spacial score (nSPS) is 10.8. The lowest BCUT2D eigenvalue weighted by atomic mass is 10.1. The summed E-state index contributed by atoms with van der Waals surface area (Å²) >= 11 is 0. The van der Waals surface area contributed by atoms with Crippen LogP contribution in [-0.4, -0.2) is 23.3 Å². The third kappa shape index (κ3) is 5.86. The van der Waals surface area contributed by atoms with Crippen molar-refractivity contribution in [2.75, 3.05) is 12.5 Å². The largest absolute Gasteiger partial charge is 0.493 e. The summed E-state index contributed by atoms with van der Waals surface area (Å²) in [6.07, 6.45) is 1.62. The third-order valence-electron chi connectivity index (χ3n) is 4.90. The maximum Gasteiger partial charge on any atom is 0.252 e. The number of benzene rings is 3. The fourth-order valence-electron chi connectivity index (χ4n) is 3.17. The van der Waals surface area contributed by atoms with Crippen molar-refractivity contribution in [1.29, 1.82) is 0 Å². The van der Waals surface area contributed by atoms with Crippen molar-refractivity contribution in [3.05, 3.63) is 106 Å². The molecular formula is C26H24N4O3. The molecule has 0 saturated carbocycles. The average molecular weight is 441 g/mol. The number of hydrogen-bond acceptors (Lipinski definition) is 6. The van der Waals surface area contributed by atoms with Crippen LogP contribution in [0.15, 0.2) is 88.8 Å². The fraction of sp³-hybridized carbons (Fsp3) is 0.115. The number of H-pyrrole nitrogens is 1. The fourth-order valence-corrected chi connectivity index (χ4v) is 3.17. The van der Waals surface area contributed by atoms with E-state index in [1.807, 2.05) is 67.6 Å². The van der Waals surface area contributed by atoms with Crippen LogP contribution in [0, 0.1) is 6.92 Å². The molecule has 7 heteroatoms. The highest BCUT2D eigenvalue weighted by atomic mass is 16.5. The van der Waals surface area contributed by atoms with Crippen LogP contribution in [0.2, 0.25) is 0 Å². The molecule has 33 heavy (non-hydrogen) atoms. The summed E-state index contributed by atoms with van der Waals surface area (Å²) in [4.78, 5) is 19.1. The number of anilines is 1. The van der Waals surface area contributed by atoms with E-state index >= 15 is 0 Å². The minimum atomic E-state index is -0.266. The van der Waals surface area contributed by atoms with E-state index < -0.39 is 0 Å². The topological polar surface area (TPSA) is 88.6 Å². The van der Waals surface area contributed by atoms with Crippen molar-refractivity contribution in [1.82, 2.24) is 9.97 Å². The van der Waals surface area contributed by atoms with Crippen LogP contribution in [0.4, 0.5) is 5.95 Å². The van der Waals surface area contributed by atoms with Crippen molar-refractivity contribution < 1.29 is 9.47 Å². The van der Waals surface area contributed by atoms with E-state index in [-0.39, 0.29) is 11.5 Å². The van der Waals surface area contributed by atoms with Crippen molar-refractivity contribution in [2.45, 2.75) is 13.5 Å². The minimum absolute atomic E-state index is 0.252. The first-order valence-corrected chi connectivity index (χ1v) is 10.4. The molecule has 0 aliphatic heterocycles. The number of hydrogen-bond donors (Lipinski definition) is 2. The van der Waals surface area contributed by atoms with Crippen LogP contribution < -0.4 is 20.5 Å².